The molecule has 1 heterocycles. The Morgan fingerprint density at radius 1 is 1.25 bits per heavy atom. The standard InChI is InChI=1S/C12H11F2NS/c1-7-5-10(14)8(6-9(7)13)12(15)11-3-2-4-16-11/h2-6,12H,15H2,1H3. The molecule has 0 saturated heterocycles. The van der Waals surface area contributed by atoms with Gasteiger partial charge in [0.15, 0.2) is 0 Å². The molecule has 84 valence electrons. The molecule has 1 unspecified atom stereocenters. The first-order valence-corrected chi connectivity index (χ1v) is 5.72. The maximum Gasteiger partial charge on any atom is 0.128 e. The van der Waals surface area contributed by atoms with Crippen molar-refractivity contribution in [1.29, 1.82) is 0 Å². The van der Waals surface area contributed by atoms with Gasteiger partial charge in [0.2, 0.25) is 0 Å². The number of aryl methyl sites for hydroxylation is 1. The first-order chi connectivity index (χ1) is 7.59. The maximum atomic E-state index is 13.6. The molecule has 2 rings (SSSR count). The second-order valence-electron chi connectivity index (χ2n) is 3.62. The van der Waals surface area contributed by atoms with Crippen LogP contribution in [-0.4, -0.2) is 0 Å². The highest BCUT2D eigenvalue weighted by atomic mass is 32.1. The number of halogens is 2. The van der Waals surface area contributed by atoms with E-state index in [9.17, 15) is 8.78 Å². The van der Waals surface area contributed by atoms with Gasteiger partial charge in [-0.2, -0.15) is 0 Å². The summed E-state index contributed by atoms with van der Waals surface area (Å²) in [4.78, 5) is 0.821. The summed E-state index contributed by atoms with van der Waals surface area (Å²) in [5, 5.41) is 1.86. The van der Waals surface area contributed by atoms with E-state index in [0.29, 0.717) is 5.56 Å². The molecule has 16 heavy (non-hydrogen) atoms. The summed E-state index contributed by atoms with van der Waals surface area (Å²) in [6, 6.07) is 5.40. The quantitative estimate of drug-likeness (QED) is 0.854. The average molecular weight is 239 g/mol. The summed E-state index contributed by atoms with van der Waals surface area (Å²) >= 11 is 1.43. The fourth-order valence-corrected chi connectivity index (χ4v) is 2.27. The molecule has 1 aromatic heterocycles. The predicted molar refractivity (Wildman–Crippen MR) is 61.4 cm³/mol. The van der Waals surface area contributed by atoms with Gasteiger partial charge in [-0.05, 0) is 36.1 Å². The second kappa shape index (κ2) is 4.31. The van der Waals surface area contributed by atoms with Crippen molar-refractivity contribution in [2.24, 2.45) is 5.73 Å². The Morgan fingerprint density at radius 3 is 2.62 bits per heavy atom. The van der Waals surface area contributed by atoms with Crippen LogP contribution in [0.15, 0.2) is 29.6 Å². The molecular weight excluding hydrogens is 228 g/mol. The van der Waals surface area contributed by atoms with Crippen molar-refractivity contribution < 1.29 is 8.78 Å². The third kappa shape index (κ3) is 1.99. The molecule has 0 saturated carbocycles. The Hall–Kier alpha value is -1.26. The third-order valence-electron chi connectivity index (χ3n) is 2.46. The van der Waals surface area contributed by atoms with Crippen molar-refractivity contribution in [1.82, 2.24) is 0 Å². The van der Waals surface area contributed by atoms with E-state index in [1.165, 1.54) is 30.4 Å². The highest BCUT2D eigenvalue weighted by Gasteiger charge is 2.16. The molecule has 1 aromatic carbocycles. The number of thiophene rings is 1. The predicted octanol–water partition coefficient (Wildman–Crippen LogP) is 3.38. The monoisotopic (exact) mass is 239 g/mol. The van der Waals surface area contributed by atoms with Gasteiger partial charge in [-0.25, -0.2) is 8.78 Å². The van der Waals surface area contributed by atoms with E-state index in [1.54, 1.807) is 0 Å². The van der Waals surface area contributed by atoms with Gasteiger partial charge >= 0.3 is 0 Å². The van der Waals surface area contributed by atoms with E-state index in [4.69, 9.17) is 5.73 Å². The van der Waals surface area contributed by atoms with Gasteiger partial charge in [0.1, 0.15) is 11.6 Å². The minimum absolute atomic E-state index is 0.200. The maximum absolute atomic E-state index is 13.6. The minimum atomic E-state index is -0.602. The van der Waals surface area contributed by atoms with Crippen molar-refractivity contribution in [3.05, 3.63) is 57.3 Å². The Morgan fingerprint density at radius 2 is 2.00 bits per heavy atom. The number of hydrogen-bond acceptors (Lipinski definition) is 2. The van der Waals surface area contributed by atoms with Crippen molar-refractivity contribution in [3.8, 4) is 0 Å². The molecule has 0 aliphatic rings. The summed E-state index contributed by atoms with van der Waals surface area (Å²) in [5.74, 6) is -0.886. The Balaban J connectivity index is 2.44. The molecule has 0 spiro atoms. The molecule has 0 aliphatic carbocycles. The van der Waals surface area contributed by atoms with E-state index < -0.39 is 17.7 Å². The van der Waals surface area contributed by atoms with Crippen molar-refractivity contribution in [3.63, 3.8) is 0 Å². The summed E-state index contributed by atoms with van der Waals surface area (Å²) in [5.41, 5.74) is 6.38. The van der Waals surface area contributed by atoms with E-state index in [1.807, 2.05) is 17.5 Å². The van der Waals surface area contributed by atoms with E-state index in [2.05, 4.69) is 0 Å². The number of benzene rings is 1. The average Bonchev–Trinajstić information content (AvgIpc) is 2.75. The molecule has 0 bridgehead atoms. The zero-order valence-corrected chi connectivity index (χ0v) is 9.52. The summed E-state index contributed by atoms with van der Waals surface area (Å²) in [7, 11) is 0. The van der Waals surface area contributed by atoms with Crippen LogP contribution in [-0.2, 0) is 0 Å². The molecule has 1 nitrogen and oxygen atoms in total. The molecule has 2 aromatic rings. The fourth-order valence-electron chi connectivity index (χ4n) is 1.52. The summed E-state index contributed by atoms with van der Waals surface area (Å²) in [6.07, 6.45) is 0. The summed E-state index contributed by atoms with van der Waals surface area (Å²) < 4.78 is 27.0. The van der Waals surface area contributed by atoms with Crippen LogP contribution in [0.3, 0.4) is 0 Å². The number of nitrogens with two attached hydrogens (primary N) is 1. The van der Waals surface area contributed by atoms with E-state index >= 15 is 0 Å². The highest BCUT2D eigenvalue weighted by Crippen LogP contribution is 2.27. The van der Waals surface area contributed by atoms with Gasteiger partial charge in [0.05, 0.1) is 6.04 Å². The molecule has 1 atom stereocenters. The zero-order valence-electron chi connectivity index (χ0n) is 8.71. The van der Waals surface area contributed by atoms with Crippen LogP contribution in [0.25, 0.3) is 0 Å². The van der Waals surface area contributed by atoms with E-state index in [-0.39, 0.29) is 5.56 Å². The van der Waals surface area contributed by atoms with Crippen LogP contribution in [0.1, 0.15) is 22.0 Å². The van der Waals surface area contributed by atoms with Crippen LogP contribution < -0.4 is 5.73 Å². The number of rotatable bonds is 2. The lowest BCUT2D eigenvalue weighted by Gasteiger charge is -2.12. The van der Waals surface area contributed by atoms with Crippen molar-refractivity contribution >= 4 is 11.3 Å². The zero-order chi connectivity index (χ0) is 11.7. The van der Waals surface area contributed by atoms with Gasteiger partial charge in [0.25, 0.3) is 0 Å². The number of hydrogen-bond donors (Lipinski definition) is 1. The SMILES string of the molecule is Cc1cc(F)c(C(N)c2cccs2)cc1F. The van der Waals surface area contributed by atoms with Gasteiger partial charge in [0, 0.05) is 10.4 Å². The van der Waals surface area contributed by atoms with Crippen molar-refractivity contribution in [2.45, 2.75) is 13.0 Å². The molecule has 0 amide bonds. The highest BCUT2D eigenvalue weighted by molar-refractivity contribution is 7.10. The lowest BCUT2D eigenvalue weighted by Crippen LogP contribution is -2.13. The normalized spacial score (nSPS) is 12.8. The Labute approximate surface area is 96.5 Å². The van der Waals surface area contributed by atoms with Crippen LogP contribution >= 0.6 is 11.3 Å². The van der Waals surface area contributed by atoms with Crippen LogP contribution in [0.2, 0.25) is 0 Å². The first kappa shape index (κ1) is 11.2. The third-order valence-corrected chi connectivity index (χ3v) is 3.42. The second-order valence-corrected chi connectivity index (χ2v) is 4.60. The summed E-state index contributed by atoms with van der Waals surface area (Å²) in [6.45, 7) is 1.53. The fraction of sp³-hybridized carbons (Fsp3) is 0.167. The molecule has 0 fully saturated rings. The lowest BCUT2D eigenvalue weighted by atomic mass is 10.0. The molecule has 0 aliphatic heterocycles. The topological polar surface area (TPSA) is 26.0 Å². The smallest absolute Gasteiger partial charge is 0.128 e. The first-order valence-electron chi connectivity index (χ1n) is 4.84. The van der Waals surface area contributed by atoms with Crippen LogP contribution in [0, 0.1) is 18.6 Å². The van der Waals surface area contributed by atoms with Gasteiger partial charge in [-0.1, -0.05) is 6.07 Å². The minimum Gasteiger partial charge on any atom is -0.320 e. The van der Waals surface area contributed by atoms with Gasteiger partial charge in [-0.3, -0.25) is 0 Å². The Bertz CT molecular complexity index is 494. The van der Waals surface area contributed by atoms with Crippen LogP contribution in [0.5, 0.6) is 0 Å². The van der Waals surface area contributed by atoms with E-state index in [0.717, 1.165) is 4.88 Å². The molecule has 0 radical (unpaired) electrons. The molecule has 4 heteroatoms. The molecular formula is C12H11F2NS. The van der Waals surface area contributed by atoms with Gasteiger partial charge < -0.3 is 5.73 Å². The lowest BCUT2D eigenvalue weighted by molar-refractivity contribution is 0.571. The Kier molecular flexibility index (Phi) is 3.03. The van der Waals surface area contributed by atoms with Gasteiger partial charge in [-0.15, -0.1) is 11.3 Å². The van der Waals surface area contributed by atoms with Crippen molar-refractivity contribution in [2.75, 3.05) is 0 Å². The molecule has 2 N–H and O–H groups in total. The van der Waals surface area contributed by atoms with Crippen LogP contribution in [0.4, 0.5) is 8.78 Å². The largest absolute Gasteiger partial charge is 0.320 e.